The number of hydrogen-bond donors (Lipinski definition) is 2. The Morgan fingerprint density at radius 1 is 1.41 bits per heavy atom. The molecular weight excluding hydrogens is 384 g/mol. The number of likely N-dealkylation sites (N-methyl/N-ethyl adjacent to an activating group) is 1. The molecule has 0 amide bonds. The van der Waals surface area contributed by atoms with Gasteiger partial charge >= 0.3 is 0 Å². The van der Waals surface area contributed by atoms with E-state index in [0.29, 0.717) is 6.61 Å². The summed E-state index contributed by atoms with van der Waals surface area (Å²) in [5, 5.41) is 3.15. The molecule has 29 heavy (non-hydrogen) atoms. The van der Waals surface area contributed by atoms with Gasteiger partial charge in [-0.15, -0.1) is 17.8 Å². The Balaban J connectivity index is 0.000000221. The van der Waals surface area contributed by atoms with E-state index < -0.39 is 0 Å². The molecule has 0 bridgehead atoms. The summed E-state index contributed by atoms with van der Waals surface area (Å²) in [5.41, 5.74) is 3.93. The molecule has 154 valence electrons. The summed E-state index contributed by atoms with van der Waals surface area (Å²) in [7, 11) is 7.60. The first-order chi connectivity index (χ1) is 13.9. The highest BCUT2D eigenvalue weighted by Crippen LogP contribution is 2.21. The van der Waals surface area contributed by atoms with Crippen LogP contribution in [0, 0.1) is 19.3 Å². The van der Waals surface area contributed by atoms with Gasteiger partial charge in [0.15, 0.2) is 6.29 Å². The number of terminal acetylenes is 1. The quantitative estimate of drug-likeness (QED) is 0.460. The van der Waals surface area contributed by atoms with E-state index in [4.69, 9.17) is 11.2 Å². The lowest BCUT2D eigenvalue weighted by Crippen LogP contribution is -2.22. The first kappa shape index (κ1) is 22.8. The van der Waals surface area contributed by atoms with Gasteiger partial charge in [-0.05, 0) is 57.9 Å². The maximum atomic E-state index is 10.5. The third-order valence-corrected chi connectivity index (χ3v) is 5.44. The number of nitrogens with one attached hydrogen (secondary N) is 2. The van der Waals surface area contributed by atoms with Crippen LogP contribution in [0.4, 0.5) is 0 Å². The van der Waals surface area contributed by atoms with Crippen molar-refractivity contribution in [3.63, 3.8) is 0 Å². The SMILES string of the molecule is C#Cc1ccc2nc([C@H](COC)NC)[nH]c2c1.Cc1cc(C=O)sc1CN(C)C. The minimum absolute atomic E-state index is 0.0571. The fourth-order valence-corrected chi connectivity index (χ4v) is 3.91. The van der Waals surface area contributed by atoms with Crippen LogP contribution in [-0.4, -0.2) is 56.0 Å². The number of imidazole rings is 1. The van der Waals surface area contributed by atoms with E-state index >= 15 is 0 Å². The number of ether oxygens (including phenoxy) is 1. The summed E-state index contributed by atoms with van der Waals surface area (Å²) < 4.78 is 5.14. The lowest BCUT2D eigenvalue weighted by molar-refractivity contribution is 0.112. The number of carbonyl (C=O) groups is 1. The maximum absolute atomic E-state index is 10.5. The van der Waals surface area contributed by atoms with E-state index in [1.54, 1.807) is 18.4 Å². The molecule has 0 saturated heterocycles. The van der Waals surface area contributed by atoms with Crippen LogP contribution >= 0.6 is 11.3 Å². The van der Waals surface area contributed by atoms with Crippen molar-refractivity contribution in [2.75, 3.05) is 34.9 Å². The Labute approximate surface area is 176 Å². The molecule has 0 saturated carbocycles. The van der Waals surface area contributed by atoms with Crippen LogP contribution in [0.5, 0.6) is 0 Å². The second-order valence-corrected chi connectivity index (χ2v) is 8.07. The summed E-state index contributed by atoms with van der Waals surface area (Å²) >= 11 is 1.58. The predicted octanol–water partition coefficient (Wildman–Crippen LogP) is 3.38. The Kier molecular flexibility index (Phi) is 8.55. The highest BCUT2D eigenvalue weighted by Gasteiger charge is 2.13. The van der Waals surface area contributed by atoms with E-state index in [0.717, 1.165) is 40.1 Å². The number of methoxy groups -OCH3 is 1. The van der Waals surface area contributed by atoms with Crippen LogP contribution < -0.4 is 5.32 Å². The molecule has 0 aliphatic heterocycles. The summed E-state index contributed by atoms with van der Waals surface area (Å²) in [6.07, 6.45) is 6.28. The van der Waals surface area contributed by atoms with Crippen molar-refractivity contribution in [3.8, 4) is 12.3 Å². The number of aromatic amines is 1. The van der Waals surface area contributed by atoms with E-state index in [9.17, 15) is 4.79 Å². The molecule has 2 aromatic heterocycles. The van der Waals surface area contributed by atoms with Gasteiger partial charge in [0, 0.05) is 24.1 Å². The fourth-order valence-electron chi connectivity index (χ4n) is 2.80. The van der Waals surface area contributed by atoms with Crippen molar-refractivity contribution < 1.29 is 9.53 Å². The van der Waals surface area contributed by atoms with Gasteiger partial charge in [0.1, 0.15) is 5.82 Å². The number of aldehydes is 1. The van der Waals surface area contributed by atoms with E-state index in [2.05, 4.69) is 26.1 Å². The van der Waals surface area contributed by atoms with Crippen LogP contribution in [0.1, 0.15) is 37.5 Å². The number of hydrogen-bond acceptors (Lipinski definition) is 6. The van der Waals surface area contributed by atoms with Crippen LogP contribution in [0.3, 0.4) is 0 Å². The predicted molar refractivity (Wildman–Crippen MR) is 120 cm³/mol. The normalized spacial score (nSPS) is 11.8. The average molecular weight is 413 g/mol. The Hall–Kier alpha value is -2.50. The first-order valence-corrected chi connectivity index (χ1v) is 10.0. The maximum Gasteiger partial charge on any atom is 0.160 e. The van der Waals surface area contributed by atoms with Crippen LogP contribution in [0.2, 0.25) is 0 Å². The lowest BCUT2D eigenvalue weighted by Gasteiger charge is -2.11. The molecule has 3 rings (SSSR count). The van der Waals surface area contributed by atoms with Crippen molar-refractivity contribution in [3.05, 3.63) is 51.0 Å². The molecule has 0 unspecified atom stereocenters. The summed E-state index contributed by atoms with van der Waals surface area (Å²) in [6, 6.07) is 7.73. The molecule has 3 aromatic rings. The van der Waals surface area contributed by atoms with Crippen molar-refractivity contribution >= 4 is 28.7 Å². The number of H-pyrrole nitrogens is 1. The lowest BCUT2D eigenvalue weighted by atomic mass is 10.2. The zero-order valence-corrected chi connectivity index (χ0v) is 18.4. The highest BCUT2D eigenvalue weighted by atomic mass is 32.1. The van der Waals surface area contributed by atoms with Crippen LogP contribution in [0.15, 0.2) is 24.3 Å². The van der Waals surface area contributed by atoms with Gasteiger partial charge in [-0.2, -0.15) is 0 Å². The number of aryl methyl sites for hydroxylation is 1. The van der Waals surface area contributed by atoms with Gasteiger partial charge in [0.2, 0.25) is 0 Å². The minimum atomic E-state index is 0.0571. The molecule has 0 radical (unpaired) electrons. The molecule has 2 N–H and O–H groups in total. The third kappa shape index (κ3) is 6.24. The average Bonchev–Trinajstić information content (AvgIpc) is 3.28. The van der Waals surface area contributed by atoms with Gasteiger partial charge in [0.05, 0.1) is 28.6 Å². The molecular formula is C22H28N4O2S. The second-order valence-electron chi connectivity index (χ2n) is 6.91. The molecule has 0 fully saturated rings. The topological polar surface area (TPSA) is 70.2 Å². The third-order valence-electron chi connectivity index (χ3n) is 4.29. The molecule has 7 heteroatoms. The largest absolute Gasteiger partial charge is 0.383 e. The number of carbonyl (C=O) groups excluding carboxylic acids is 1. The molecule has 1 atom stereocenters. The molecule has 2 heterocycles. The van der Waals surface area contributed by atoms with Gasteiger partial charge in [-0.3, -0.25) is 4.79 Å². The molecule has 0 spiro atoms. The van der Waals surface area contributed by atoms with Crippen molar-refractivity contribution in [2.24, 2.45) is 0 Å². The van der Waals surface area contributed by atoms with Gasteiger partial charge in [0.25, 0.3) is 0 Å². The zero-order valence-electron chi connectivity index (χ0n) is 17.6. The van der Waals surface area contributed by atoms with E-state index in [1.807, 2.05) is 52.3 Å². The standard InChI is InChI=1S/C13H15N3O.C9H13NOS/c1-4-9-5-6-10-11(7-9)16-13(15-10)12(14-2)8-17-3;1-7-4-8(6-11)12-9(7)5-10(2)3/h1,5-7,12,14H,8H2,2-3H3,(H,15,16);4,6H,5H2,1-3H3/t12-;/m0./s1. The summed E-state index contributed by atoms with van der Waals surface area (Å²) in [4.78, 5) is 22.4. The zero-order chi connectivity index (χ0) is 21.4. The Bertz CT molecular complexity index is 985. The van der Waals surface area contributed by atoms with Gasteiger partial charge in [-0.25, -0.2) is 4.98 Å². The van der Waals surface area contributed by atoms with E-state index in [-0.39, 0.29) is 6.04 Å². The van der Waals surface area contributed by atoms with Crippen LogP contribution in [0.25, 0.3) is 11.0 Å². The molecule has 0 aliphatic carbocycles. The monoisotopic (exact) mass is 412 g/mol. The molecule has 0 aliphatic rings. The fraction of sp³-hybridized carbons (Fsp3) is 0.364. The number of nitrogens with zero attached hydrogens (tertiary/aromatic N) is 2. The number of thiophene rings is 1. The summed E-state index contributed by atoms with van der Waals surface area (Å²) in [5.74, 6) is 3.47. The molecule has 6 nitrogen and oxygen atoms in total. The van der Waals surface area contributed by atoms with Crippen molar-refractivity contribution in [1.82, 2.24) is 20.2 Å². The Morgan fingerprint density at radius 2 is 2.17 bits per heavy atom. The van der Waals surface area contributed by atoms with Gasteiger partial charge in [-0.1, -0.05) is 5.92 Å². The minimum Gasteiger partial charge on any atom is -0.383 e. The van der Waals surface area contributed by atoms with Crippen molar-refractivity contribution in [1.29, 1.82) is 0 Å². The summed E-state index contributed by atoms with van der Waals surface area (Å²) in [6.45, 7) is 3.53. The van der Waals surface area contributed by atoms with Gasteiger partial charge < -0.3 is 19.9 Å². The number of fused-ring (bicyclic) bond motifs is 1. The highest BCUT2D eigenvalue weighted by molar-refractivity contribution is 7.13. The number of rotatable bonds is 7. The van der Waals surface area contributed by atoms with E-state index in [1.165, 1.54) is 10.4 Å². The smallest absolute Gasteiger partial charge is 0.160 e. The van der Waals surface area contributed by atoms with Crippen LogP contribution in [-0.2, 0) is 11.3 Å². The number of benzene rings is 1. The second kappa shape index (κ2) is 10.9. The first-order valence-electron chi connectivity index (χ1n) is 9.23. The van der Waals surface area contributed by atoms with Crippen molar-refractivity contribution in [2.45, 2.75) is 19.5 Å². The number of aromatic nitrogens is 2. The Morgan fingerprint density at radius 3 is 2.72 bits per heavy atom. The molecule has 1 aromatic carbocycles.